The molecular formula is C9H14BNO3. The van der Waals surface area contributed by atoms with Crippen LogP contribution in [0.5, 0.6) is 5.88 Å². The highest BCUT2D eigenvalue weighted by Gasteiger charge is 2.12. The number of pyridine rings is 1. The molecule has 2 N–H and O–H groups in total. The highest BCUT2D eigenvalue weighted by atomic mass is 16.5. The highest BCUT2D eigenvalue weighted by molar-refractivity contribution is 6.57. The number of hydrogen-bond acceptors (Lipinski definition) is 4. The van der Waals surface area contributed by atoms with Crippen LogP contribution in [-0.4, -0.2) is 28.8 Å². The van der Waals surface area contributed by atoms with Crippen molar-refractivity contribution in [3.63, 3.8) is 0 Å². The van der Waals surface area contributed by atoms with Crippen molar-refractivity contribution in [1.29, 1.82) is 0 Å². The monoisotopic (exact) mass is 195 g/mol. The van der Waals surface area contributed by atoms with Gasteiger partial charge in [-0.3, -0.25) is 0 Å². The molecule has 0 saturated heterocycles. The van der Waals surface area contributed by atoms with Crippen LogP contribution in [0.25, 0.3) is 0 Å². The van der Waals surface area contributed by atoms with Crippen molar-refractivity contribution in [3.05, 3.63) is 18.2 Å². The molecule has 0 fully saturated rings. The summed E-state index contributed by atoms with van der Waals surface area (Å²) in [6.07, 6.45) is 2.02. The number of aromatic nitrogens is 1. The molecule has 1 aromatic heterocycles. The Morgan fingerprint density at radius 3 is 2.86 bits per heavy atom. The minimum Gasteiger partial charge on any atom is -0.478 e. The molecule has 5 heteroatoms. The van der Waals surface area contributed by atoms with Gasteiger partial charge in [0.15, 0.2) is 0 Å². The maximum Gasteiger partial charge on any atom is 0.508 e. The zero-order valence-electron chi connectivity index (χ0n) is 8.18. The summed E-state index contributed by atoms with van der Waals surface area (Å²) in [5.74, 6) is 0.434. The van der Waals surface area contributed by atoms with Gasteiger partial charge in [0.1, 0.15) is 0 Å². The summed E-state index contributed by atoms with van der Waals surface area (Å²) in [6, 6.07) is 4.92. The molecule has 4 nitrogen and oxygen atoms in total. The lowest BCUT2D eigenvalue weighted by atomic mass is 9.86. The molecule has 14 heavy (non-hydrogen) atoms. The van der Waals surface area contributed by atoms with E-state index in [2.05, 4.69) is 11.9 Å². The van der Waals surface area contributed by atoms with E-state index in [1.165, 1.54) is 6.07 Å². The van der Waals surface area contributed by atoms with E-state index in [0.717, 1.165) is 12.8 Å². The van der Waals surface area contributed by atoms with Gasteiger partial charge in [-0.15, -0.1) is 0 Å². The Bertz CT molecular complexity index is 281. The van der Waals surface area contributed by atoms with Gasteiger partial charge in [0.25, 0.3) is 0 Å². The minimum atomic E-state index is -1.54. The Morgan fingerprint density at radius 1 is 1.43 bits per heavy atom. The van der Waals surface area contributed by atoms with Crippen molar-refractivity contribution in [2.75, 3.05) is 6.61 Å². The topological polar surface area (TPSA) is 62.6 Å². The molecule has 0 unspecified atom stereocenters. The predicted molar refractivity (Wildman–Crippen MR) is 54.5 cm³/mol. The van der Waals surface area contributed by atoms with Crippen LogP contribution in [0.2, 0.25) is 0 Å². The summed E-state index contributed by atoms with van der Waals surface area (Å²) < 4.78 is 5.30. The second-order valence-corrected chi connectivity index (χ2v) is 2.98. The molecule has 0 aliphatic heterocycles. The molecular weight excluding hydrogens is 181 g/mol. The SMILES string of the molecule is CCCCOc1cccc(B(O)O)n1. The van der Waals surface area contributed by atoms with E-state index in [4.69, 9.17) is 14.8 Å². The summed E-state index contributed by atoms with van der Waals surface area (Å²) in [6.45, 7) is 2.68. The van der Waals surface area contributed by atoms with Crippen molar-refractivity contribution in [1.82, 2.24) is 4.98 Å². The average molecular weight is 195 g/mol. The van der Waals surface area contributed by atoms with E-state index < -0.39 is 7.12 Å². The largest absolute Gasteiger partial charge is 0.508 e. The van der Waals surface area contributed by atoms with Crippen LogP contribution < -0.4 is 10.3 Å². The minimum absolute atomic E-state index is 0.207. The molecule has 0 aliphatic rings. The Kier molecular flexibility index (Phi) is 4.42. The van der Waals surface area contributed by atoms with E-state index in [0.29, 0.717) is 12.5 Å². The molecule has 76 valence electrons. The molecule has 0 aromatic carbocycles. The van der Waals surface area contributed by atoms with E-state index in [-0.39, 0.29) is 5.59 Å². The standard InChI is InChI=1S/C9H14BNO3/c1-2-3-7-14-9-6-4-5-8(11-9)10(12)13/h4-6,12-13H,2-3,7H2,1H3. The number of ether oxygens (including phenoxy) is 1. The maximum atomic E-state index is 8.86. The second kappa shape index (κ2) is 5.62. The molecule has 0 saturated carbocycles. The Morgan fingerprint density at radius 2 is 2.21 bits per heavy atom. The molecule has 1 aromatic rings. The van der Waals surface area contributed by atoms with Crippen LogP contribution in [0.4, 0.5) is 0 Å². The third kappa shape index (κ3) is 3.36. The van der Waals surface area contributed by atoms with E-state index in [9.17, 15) is 0 Å². The van der Waals surface area contributed by atoms with E-state index in [1.54, 1.807) is 12.1 Å². The van der Waals surface area contributed by atoms with Gasteiger partial charge in [-0.25, -0.2) is 4.98 Å². The fraction of sp³-hybridized carbons (Fsp3) is 0.444. The summed E-state index contributed by atoms with van der Waals surface area (Å²) in [4.78, 5) is 3.92. The average Bonchev–Trinajstić information content (AvgIpc) is 2.19. The van der Waals surface area contributed by atoms with Crippen LogP contribution in [0.1, 0.15) is 19.8 Å². The van der Waals surface area contributed by atoms with E-state index >= 15 is 0 Å². The van der Waals surface area contributed by atoms with Gasteiger partial charge in [0.05, 0.1) is 12.2 Å². The summed E-state index contributed by atoms with van der Waals surface area (Å²) in [5.41, 5.74) is 0.207. The molecule has 0 atom stereocenters. The number of rotatable bonds is 5. The lowest BCUT2D eigenvalue weighted by Gasteiger charge is -2.05. The number of hydrogen-bond donors (Lipinski definition) is 2. The van der Waals surface area contributed by atoms with Gasteiger partial charge in [0, 0.05) is 6.07 Å². The quantitative estimate of drug-likeness (QED) is 0.510. The third-order valence-corrected chi connectivity index (χ3v) is 1.76. The van der Waals surface area contributed by atoms with Crippen LogP contribution >= 0.6 is 0 Å². The molecule has 0 aliphatic carbocycles. The van der Waals surface area contributed by atoms with Crippen molar-refractivity contribution in [3.8, 4) is 5.88 Å². The van der Waals surface area contributed by atoms with Gasteiger partial charge in [-0.1, -0.05) is 19.4 Å². The Balaban J connectivity index is 2.55. The summed E-state index contributed by atoms with van der Waals surface area (Å²) >= 11 is 0. The van der Waals surface area contributed by atoms with Crippen LogP contribution in [0.15, 0.2) is 18.2 Å². The predicted octanol–water partition coefficient (Wildman–Crippen LogP) is -0.0597. The fourth-order valence-corrected chi connectivity index (χ4v) is 0.976. The molecule has 0 spiro atoms. The van der Waals surface area contributed by atoms with Crippen LogP contribution in [0, 0.1) is 0 Å². The summed E-state index contributed by atoms with van der Waals surface area (Å²) in [5, 5.41) is 17.7. The van der Waals surface area contributed by atoms with Gasteiger partial charge < -0.3 is 14.8 Å². The number of nitrogens with zero attached hydrogens (tertiary/aromatic N) is 1. The molecule has 1 rings (SSSR count). The smallest absolute Gasteiger partial charge is 0.478 e. The summed E-state index contributed by atoms with van der Waals surface area (Å²) in [7, 11) is -1.54. The Hall–Kier alpha value is -1.07. The number of unbranched alkanes of at least 4 members (excludes halogenated alkanes) is 1. The first-order valence-corrected chi connectivity index (χ1v) is 4.70. The van der Waals surface area contributed by atoms with Crippen molar-refractivity contribution < 1.29 is 14.8 Å². The van der Waals surface area contributed by atoms with Crippen LogP contribution in [0.3, 0.4) is 0 Å². The highest BCUT2D eigenvalue weighted by Crippen LogP contribution is 2.03. The first-order chi connectivity index (χ1) is 6.74. The Labute approximate surface area is 83.7 Å². The second-order valence-electron chi connectivity index (χ2n) is 2.98. The lowest BCUT2D eigenvalue weighted by Crippen LogP contribution is -2.32. The normalized spacial score (nSPS) is 9.93. The first kappa shape index (κ1) is 11.0. The fourth-order valence-electron chi connectivity index (χ4n) is 0.976. The van der Waals surface area contributed by atoms with Crippen molar-refractivity contribution in [2.45, 2.75) is 19.8 Å². The van der Waals surface area contributed by atoms with Gasteiger partial charge in [-0.2, -0.15) is 0 Å². The molecule has 0 amide bonds. The lowest BCUT2D eigenvalue weighted by molar-refractivity contribution is 0.298. The molecule has 1 heterocycles. The van der Waals surface area contributed by atoms with Crippen molar-refractivity contribution >= 4 is 12.7 Å². The zero-order chi connectivity index (χ0) is 10.4. The van der Waals surface area contributed by atoms with Gasteiger partial charge >= 0.3 is 7.12 Å². The third-order valence-electron chi connectivity index (χ3n) is 1.76. The maximum absolute atomic E-state index is 8.86. The zero-order valence-corrected chi connectivity index (χ0v) is 8.18. The molecule has 0 bridgehead atoms. The van der Waals surface area contributed by atoms with Gasteiger partial charge in [-0.05, 0) is 12.5 Å². The molecule has 0 radical (unpaired) electrons. The van der Waals surface area contributed by atoms with Gasteiger partial charge in [0.2, 0.25) is 5.88 Å². The van der Waals surface area contributed by atoms with E-state index in [1.807, 2.05) is 0 Å². The van der Waals surface area contributed by atoms with Crippen LogP contribution in [-0.2, 0) is 0 Å². The first-order valence-electron chi connectivity index (χ1n) is 4.70. The van der Waals surface area contributed by atoms with Crippen molar-refractivity contribution in [2.24, 2.45) is 0 Å².